The van der Waals surface area contributed by atoms with Gasteiger partial charge in [0.1, 0.15) is 17.2 Å². The van der Waals surface area contributed by atoms with Crippen molar-refractivity contribution in [2.24, 2.45) is 5.41 Å². The van der Waals surface area contributed by atoms with Gasteiger partial charge in [-0.2, -0.15) is 5.26 Å². The maximum absolute atomic E-state index is 9.50. The Morgan fingerprint density at radius 1 is 1.27 bits per heavy atom. The Balaban J connectivity index is 0.00000218. The molecule has 30 heavy (non-hydrogen) atoms. The van der Waals surface area contributed by atoms with Gasteiger partial charge in [0.25, 0.3) is 0 Å². The lowest BCUT2D eigenvalue weighted by Crippen LogP contribution is -2.45. The second kappa shape index (κ2) is 13.0. The number of nitrogens with zero attached hydrogens (tertiary/aromatic N) is 2. The van der Waals surface area contributed by atoms with E-state index in [2.05, 4.69) is 56.3 Å². The fraction of sp³-hybridized carbons (Fsp3) is 0.680. The lowest BCUT2D eigenvalue weighted by atomic mass is 9.77. The molecule has 5 heteroatoms. The van der Waals surface area contributed by atoms with Gasteiger partial charge in [-0.15, -0.1) is 0 Å². The quantitative estimate of drug-likeness (QED) is 0.442. The third-order valence-corrected chi connectivity index (χ3v) is 6.18. The third-order valence-electron chi connectivity index (χ3n) is 5.32. The van der Waals surface area contributed by atoms with Gasteiger partial charge in [0.05, 0.1) is 5.56 Å². The first kappa shape index (κ1) is 26.5. The van der Waals surface area contributed by atoms with Crippen LogP contribution in [0.5, 0.6) is 5.48 Å². The predicted molar refractivity (Wildman–Crippen MR) is 131 cm³/mol. The number of hydrogen-bond acceptors (Lipinski definition) is 4. The molecule has 0 amide bonds. The zero-order chi connectivity index (χ0) is 22.6. The molecule has 0 saturated carbocycles. The van der Waals surface area contributed by atoms with E-state index in [0.717, 1.165) is 50.9 Å². The molecule has 4 nitrogen and oxygen atoms in total. The number of nitrogens with one attached hydrogen (secondary N) is 1. The van der Waals surface area contributed by atoms with Crippen LogP contribution in [0.2, 0.25) is 0 Å². The highest BCUT2D eigenvalue weighted by atomic mass is 31.0. The summed E-state index contributed by atoms with van der Waals surface area (Å²) < 4.78 is 6.56. The van der Waals surface area contributed by atoms with Gasteiger partial charge in [-0.3, -0.25) is 0 Å². The number of rotatable bonds is 10. The minimum atomic E-state index is -0.284. The zero-order valence-corrected chi connectivity index (χ0v) is 21.1. The lowest BCUT2D eigenvalue weighted by molar-refractivity contribution is 0.0412. The molecule has 1 N–H and O–H groups in total. The monoisotopic (exact) mass is 431 g/mol. The van der Waals surface area contributed by atoms with Crippen LogP contribution >= 0.6 is 8.19 Å². The fourth-order valence-corrected chi connectivity index (χ4v) is 5.30. The molecule has 0 spiro atoms. The molecule has 1 aromatic rings. The number of nitriles is 1. The normalized spacial score (nSPS) is 16.3. The molecule has 1 aromatic heterocycles. The van der Waals surface area contributed by atoms with Crippen LogP contribution in [0.3, 0.4) is 0 Å². The van der Waals surface area contributed by atoms with E-state index in [9.17, 15) is 5.26 Å². The second-order valence-electron chi connectivity index (χ2n) is 8.95. The van der Waals surface area contributed by atoms with Crippen molar-refractivity contribution in [3.05, 3.63) is 29.2 Å². The van der Waals surface area contributed by atoms with E-state index in [4.69, 9.17) is 4.74 Å². The van der Waals surface area contributed by atoms with Crippen LogP contribution in [0.25, 0.3) is 6.08 Å². The van der Waals surface area contributed by atoms with Crippen LogP contribution < -0.4 is 10.1 Å². The summed E-state index contributed by atoms with van der Waals surface area (Å²) in [7, 11) is 2.93. The Hall–Kier alpha value is -1.56. The number of likely N-dealkylation sites (tertiary alicyclic amines) is 1. The van der Waals surface area contributed by atoms with Crippen LogP contribution in [0.15, 0.2) is 18.1 Å². The molecular weight excluding hydrogens is 389 g/mol. The topological polar surface area (TPSA) is 48.3 Å². The minimum absolute atomic E-state index is 0.225. The van der Waals surface area contributed by atoms with Crippen molar-refractivity contribution in [3.8, 4) is 11.6 Å². The van der Waals surface area contributed by atoms with Gasteiger partial charge in [-0.25, -0.2) is 0 Å². The average molecular weight is 432 g/mol. The van der Waals surface area contributed by atoms with Crippen LogP contribution in [0.1, 0.15) is 84.8 Å². The molecule has 0 radical (unpaired) electrons. The molecule has 1 fully saturated rings. The Kier molecular flexibility index (Phi) is 11.5. The van der Waals surface area contributed by atoms with Crippen LogP contribution in [0.4, 0.5) is 0 Å². The van der Waals surface area contributed by atoms with Crippen molar-refractivity contribution in [3.63, 3.8) is 0 Å². The fourth-order valence-electron chi connectivity index (χ4n) is 4.35. The van der Waals surface area contributed by atoms with Crippen molar-refractivity contribution in [2.75, 3.05) is 26.7 Å². The van der Waals surface area contributed by atoms with Crippen molar-refractivity contribution in [1.82, 2.24) is 10.2 Å². The van der Waals surface area contributed by atoms with Gasteiger partial charge in [0.2, 0.25) is 0 Å². The first-order chi connectivity index (χ1) is 14.3. The van der Waals surface area contributed by atoms with E-state index in [1.54, 1.807) is 0 Å². The molecular formula is C25H42N3OP. The maximum Gasteiger partial charge on any atom is 0.146 e. The number of likely N-dealkylation sites (N-methyl/N-ethyl adjacent to an activating group) is 1. The molecule has 1 aliphatic rings. The van der Waals surface area contributed by atoms with Gasteiger partial charge in [-0.05, 0) is 83.0 Å². The molecule has 168 valence electrons. The van der Waals surface area contributed by atoms with Gasteiger partial charge >= 0.3 is 0 Å². The Morgan fingerprint density at radius 3 is 2.50 bits per heavy atom. The molecule has 0 aliphatic carbocycles. The second-order valence-corrected chi connectivity index (χ2v) is 9.91. The summed E-state index contributed by atoms with van der Waals surface area (Å²) in [6, 6.07) is 4.38. The average Bonchev–Trinajstić information content (AvgIpc) is 3.21. The SMILES string of the molecule is CC.CCCC(C)(C)CC(C)(CNC)Oc1cc(/C=C/N2CCCC2)c(C#N)cp1. The predicted octanol–water partition coefficient (Wildman–Crippen LogP) is 6.80. The van der Waals surface area contributed by atoms with Crippen LogP contribution in [-0.4, -0.2) is 37.2 Å². The number of ether oxygens (including phenoxy) is 1. The summed E-state index contributed by atoms with van der Waals surface area (Å²) >= 11 is 0. The Labute approximate surface area is 186 Å². The van der Waals surface area contributed by atoms with Crippen LogP contribution in [0, 0.1) is 16.7 Å². The minimum Gasteiger partial charge on any atom is -0.482 e. The molecule has 2 heterocycles. The zero-order valence-electron chi connectivity index (χ0n) is 20.2. The summed E-state index contributed by atoms with van der Waals surface area (Å²) in [6.45, 7) is 16.1. The van der Waals surface area contributed by atoms with E-state index in [1.807, 2.05) is 32.8 Å². The van der Waals surface area contributed by atoms with E-state index in [1.165, 1.54) is 25.7 Å². The molecule has 1 saturated heterocycles. The van der Waals surface area contributed by atoms with Crippen molar-refractivity contribution in [1.29, 1.82) is 5.26 Å². The molecule has 1 unspecified atom stereocenters. The van der Waals surface area contributed by atoms with Crippen LogP contribution in [-0.2, 0) is 0 Å². The highest BCUT2D eigenvalue weighted by molar-refractivity contribution is 7.31. The van der Waals surface area contributed by atoms with Crippen molar-refractivity contribution in [2.45, 2.75) is 79.2 Å². The molecule has 1 atom stereocenters. The number of hydrogen-bond donors (Lipinski definition) is 1. The summed E-state index contributed by atoms with van der Waals surface area (Å²) in [4.78, 5) is 2.32. The van der Waals surface area contributed by atoms with E-state index < -0.39 is 0 Å². The summed E-state index contributed by atoms with van der Waals surface area (Å²) in [5.41, 5.74) is 2.54. The van der Waals surface area contributed by atoms with Gasteiger partial charge in [0.15, 0.2) is 0 Å². The highest BCUT2D eigenvalue weighted by Gasteiger charge is 2.33. The summed E-state index contributed by atoms with van der Waals surface area (Å²) in [5, 5.41) is 12.8. The smallest absolute Gasteiger partial charge is 0.146 e. The van der Waals surface area contributed by atoms with Gasteiger partial charge < -0.3 is 15.0 Å². The molecule has 0 aromatic carbocycles. The highest BCUT2D eigenvalue weighted by Crippen LogP contribution is 2.38. The van der Waals surface area contributed by atoms with Crippen molar-refractivity contribution < 1.29 is 4.74 Å². The third kappa shape index (κ3) is 8.66. The first-order valence-corrected chi connectivity index (χ1v) is 12.4. The summed E-state index contributed by atoms with van der Waals surface area (Å²) in [5.74, 6) is 1.97. The van der Waals surface area contributed by atoms with Gasteiger partial charge in [0, 0.05) is 19.6 Å². The Bertz CT molecular complexity index is 705. The molecule has 0 bridgehead atoms. The Morgan fingerprint density at radius 2 is 1.93 bits per heavy atom. The largest absolute Gasteiger partial charge is 0.482 e. The van der Waals surface area contributed by atoms with E-state index in [0.29, 0.717) is 0 Å². The lowest BCUT2D eigenvalue weighted by Gasteiger charge is -2.38. The first-order valence-electron chi connectivity index (χ1n) is 11.5. The van der Waals surface area contributed by atoms with E-state index in [-0.39, 0.29) is 11.0 Å². The summed E-state index contributed by atoms with van der Waals surface area (Å²) in [6.07, 6.45) is 10.0. The molecule has 2 rings (SSSR count). The maximum atomic E-state index is 9.50. The molecule has 1 aliphatic heterocycles. The van der Waals surface area contributed by atoms with Gasteiger partial charge in [-0.1, -0.05) is 41.0 Å². The van der Waals surface area contributed by atoms with E-state index >= 15 is 0 Å². The standard InChI is InChI=1S/C23H36N3OP.C2H6/c1-6-10-22(2,3)17-23(4,18-25-5)27-21-14-19(20(15-24)16-28-21)9-13-26-11-7-8-12-26;1-2/h9,13-14,16,25H,6-8,10-12,17-18H2,1-5H3;1-2H3/b13-9+;. The van der Waals surface area contributed by atoms with Crippen molar-refractivity contribution >= 4 is 14.3 Å².